The summed E-state index contributed by atoms with van der Waals surface area (Å²) in [6.07, 6.45) is 0. The van der Waals surface area contributed by atoms with Crippen LogP contribution < -0.4 is 0 Å². The van der Waals surface area contributed by atoms with E-state index in [9.17, 15) is 0 Å². The molecule has 1 aromatic rings. The van der Waals surface area contributed by atoms with Crippen LogP contribution in [0.1, 0.15) is 5.76 Å². The van der Waals surface area contributed by atoms with E-state index in [4.69, 9.17) is 16.0 Å². The Labute approximate surface area is 72.0 Å². The minimum absolute atomic E-state index is 0.466. The van der Waals surface area contributed by atoms with E-state index in [2.05, 4.69) is 21.1 Å². The van der Waals surface area contributed by atoms with Gasteiger partial charge in [-0.05, 0) is 23.7 Å². The Balaban J connectivity index is 2.65. The summed E-state index contributed by atoms with van der Waals surface area (Å²) in [6, 6.07) is 3.68. The molecule has 0 radical (unpaired) electrons. The maximum absolute atomic E-state index is 5.62. The average Bonchev–Trinajstić information content (AvgIpc) is 2.10. The first kappa shape index (κ1) is 8.62. The second-order valence-corrected chi connectivity index (χ2v) is 4.03. The number of nitrogens with zero attached hydrogens (tertiary/aromatic N) is 1. The molecule has 0 atom stereocenters. The fourth-order valence-electron chi connectivity index (χ4n) is 0.904. The Hall–Kier alpha value is -0.470. The van der Waals surface area contributed by atoms with Gasteiger partial charge in [0.15, 0.2) is 11.0 Å². The van der Waals surface area contributed by atoms with Crippen molar-refractivity contribution in [1.29, 1.82) is 0 Å². The van der Waals surface area contributed by atoms with Crippen molar-refractivity contribution in [3.8, 4) is 0 Å². The number of halogens is 1. The molecular weight excluding hydrogens is 162 g/mol. The second kappa shape index (κ2) is 2.88. The largest absolute Gasteiger partial charge is 0.444 e. The van der Waals surface area contributed by atoms with E-state index in [1.165, 1.54) is 0 Å². The quantitative estimate of drug-likeness (QED) is 0.627. The molecule has 0 N–H and O–H groups in total. The first-order valence-electron chi connectivity index (χ1n) is 3.52. The summed E-state index contributed by atoms with van der Waals surface area (Å²) in [6.45, 7) is 0.868. The third-order valence-electron chi connectivity index (χ3n) is 1.26. The fourth-order valence-corrected chi connectivity index (χ4v) is 1.07. The van der Waals surface area contributed by atoms with Crippen molar-refractivity contribution in [3.63, 3.8) is 0 Å². The van der Waals surface area contributed by atoms with Crippen molar-refractivity contribution < 1.29 is 8.90 Å². The molecule has 0 aliphatic heterocycles. The number of furan rings is 1. The Morgan fingerprint density at radius 3 is 2.36 bits per heavy atom. The molecule has 3 heteroatoms. The first-order chi connectivity index (χ1) is 4.97. The van der Waals surface area contributed by atoms with Gasteiger partial charge in [-0.3, -0.25) is 0 Å². The molecular formula is C8H13ClNO+. The molecule has 1 aromatic heterocycles. The molecule has 0 amide bonds. The summed E-state index contributed by atoms with van der Waals surface area (Å²) in [5.41, 5.74) is 0. The van der Waals surface area contributed by atoms with Gasteiger partial charge in [0.05, 0.1) is 21.1 Å². The van der Waals surface area contributed by atoms with Crippen molar-refractivity contribution in [2.24, 2.45) is 0 Å². The van der Waals surface area contributed by atoms with Crippen LogP contribution in [0.4, 0.5) is 0 Å². The molecule has 0 bridgehead atoms. The Bertz CT molecular complexity index is 236. The lowest BCUT2D eigenvalue weighted by Crippen LogP contribution is -2.33. The van der Waals surface area contributed by atoms with Crippen LogP contribution in [0.5, 0.6) is 0 Å². The van der Waals surface area contributed by atoms with Crippen molar-refractivity contribution in [3.05, 3.63) is 23.1 Å². The van der Waals surface area contributed by atoms with Gasteiger partial charge in [0, 0.05) is 0 Å². The monoisotopic (exact) mass is 174 g/mol. The van der Waals surface area contributed by atoms with Crippen molar-refractivity contribution in [1.82, 2.24) is 0 Å². The zero-order valence-corrected chi connectivity index (χ0v) is 7.85. The average molecular weight is 175 g/mol. The fraction of sp³-hybridized carbons (Fsp3) is 0.500. The minimum Gasteiger partial charge on any atom is -0.444 e. The van der Waals surface area contributed by atoms with Crippen molar-refractivity contribution in [2.75, 3.05) is 21.1 Å². The molecule has 11 heavy (non-hydrogen) atoms. The van der Waals surface area contributed by atoms with Crippen LogP contribution in [-0.4, -0.2) is 25.6 Å². The van der Waals surface area contributed by atoms with E-state index >= 15 is 0 Å². The third kappa shape index (κ3) is 2.95. The summed E-state index contributed by atoms with van der Waals surface area (Å²) in [5, 5.41) is 0.466. The molecule has 0 unspecified atom stereocenters. The van der Waals surface area contributed by atoms with E-state index in [1.807, 2.05) is 6.07 Å². The standard InChI is InChI=1S/C8H13ClNO/c1-10(2,3)6-7-4-5-8(9)11-7/h4-5H,6H2,1-3H3/q+1. The lowest BCUT2D eigenvalue weighted by molar-refractivity contribution is -0.884. The maximum Gasteiger partial charge on any atom is 0.193 e. The summed E-state index contributed by atoms with van der Waals surface area (Å²) in [7, 11) is 6.32. The van der Waals surface area contributed by atoms with Gasteiger partial charge in [-0.25, -0.2) is 0 Å². The van der Waals surface area contributed by atoms with Crippen LogP contribution in [0.2, 0.25) is 5.22 Å². The molecule has 1 rings (SSSR count). The predicted molar refractivity (Wildman–Crippen MR) is 45.5 cm³/mol. The molecule has 0 fully saturated rings. The topological polar surface area (TPSA) is 13.1 Å². The van der Waals surface area contributed by atoms with Crippen molar-refractivity contribution >= 4 is 11.6 Å². The van der Waals surface area contributed by atoms with Gasteiger partial charge in [-0.15, -0.1) is 0 Å². The molecule has 1 heterocycles. The molecule has 0 aromatic carbocycles. The van der Waals surface area contributed by atoms with Crippen LogP contribution >= 0.6 is 11.6 Å². The molecule has 0 spiro atoms. The zero-order chi connectivity index (χ0) is 8.48. The number of hydrogen-bond acceptors (Lipinski definition) is 1. The normalized spacial score (nSPS) is 12.0. The molecule has 0 aliphatic rings. The van der Waals surface area contributed by atoms with E-state index < -0.39 is 0 Å². The summed E-state index contributed by atoms with van der Waals surface area (Å²) < 4.78 is 6.06. The molecule has 0 saturated heterocycles. The van der Waals surface area contributed by atoms with E-state index in [0.29, 0.717) is 5.22 Å². The van der Waals surface area contributed by atoms with Gasteiger partial charge < -0.3 is 8.90 Å². The Morgan fingerprint density at radius 1 is 1.36 bits per heavy atom. The summed E-state index contributed by atoms with van der Waals surface area (Å²) in [5.74, 6) is 0.933. The minimum atomic E-state index is 0.466. The SMILES string of the molecule is C[N+](C)(C)Cc1ccc(Cl)o1. The summed E-state index contributed by atoms with van der Waals surface area (Å²) >= 11 is 5.62. The highest BCUT2D eigenvalue weighted by Gasteiger charge is 2.11. The zero-order valence-electron chi connectivity index (χ0n) is 7.10. The predicted octanol–water partition coefficient (Wildman–Crippen LogP) is 2.14. The van der Waals surface area contributed by atoms with Crippen LogP contribution in [0.25, 0.3) is 0 Å². The van der Waals surface area contributed by atoms with Crippen molar-refractivity contribution in [2.45, 2.75) is 6.54 Å². The summed E-state index contributed by atoms with van der Waals surface area (Å²) in [4.78, 5) is 0. The smallest absolute Gasteiger partial charge is 0.193 e. The highest BCUT2D eigenvalue weighted by atomic mass is 35.5. The number of quaternary nitrogens is 1. The lowest BCUT2D eigenvalue weighted by Gasteiger charge is -2.22. The van der Waals surface area contributed by atoms with Crippen LogP contribution in [0.3, 0.4) is 0 Å². The van der Waals surface area contributed by atoms with Gasteiger partial charge in [0.2, 0.25) is 0 Å². The van der Waals surface area contributed by atoms with E-state index in [1.54, 1.807) is 6.07 Å². The Kier molecular flexibility index (Phi) is 2.25. The number of hydrogen-bond donors (Lipinski definition) is 0. The lowest BCUT2D eigenvalue weighted by atomic mass is 10.4. The Morgan fingerprint density at radius 2 is 2.00 bits per heavy atom. The molecule has 62 valence electrons. The first-order valence-corrected chi connectivity index (χ1v) is 3.90. The van der Waals surface area contributed by atoms with Gasteiger partial charge >= 0.3 is 0 Å². The van der Waals surface area contributed by atoms with Gasteiger partial charge in [-0.1, -0.05) is 0 Å². The second-order valence-electron chi connectivity index (χ2n) is 3.65. The van der Waals surface area contributed by atoms with E-state index in [0.717, 1.165) is 16.8 Å². The third-order valence-corrected chi connectivity index (χ3v) is 1.46. The molecule has 0 saturated carbocycles. The van der Waals surface area contributed by atoms with Gasteiger partial charge in [0.25, 0.3) is 0 Å². The van der Waals surface area contributed by atoms with Crippen LogP contribution in [-0.2, 0) is 6.54 Å². The highest BCUT2D eigenvalue weighted by molar-refractivity contribution is 6.28. The number of rotatable bonds is 2. The highest BCUT2D eigenvalue weighted by Crippen LogP contribution is 2.15. The van der Waals surface area contributed by atoms with Crippen LogP contribution in [0.15, 0.2) is 16.5 Å². The van der Waals surface area contributed by atoms with Gasteiger partial charge in [-0.2, -0.15) is 0 Å². The maximum atomic E-state index is 5.62. The molecule has 2 nitrogen and oxygen atoms in total. The van der Waals surface area contributed by atoms with Gasteiger partial charge in [0.1, 0.15) is 6.54 Å². The molecule has 0 aliphatic carbocycles. The van der Waals surface area contributed by atoms with E-state index in [-0.39, 0.29) is 0 Å². The van der Waals surface area contributed by atoms with Crippen LogP contribution in [0, 0.1) is 0 Å².